The molecule has 2 heterocycles. The van der Waals surface area contributed by atoms with Crippen molar-refractivity contribution in [2.75, 3.05) is 4.90 Å². The third kappa shape index (κ3) is 7.52. The molecule has 0 unspecified atom stereocenters. The molecule has 0 saturated carbocycles. The predicted octanol–water partition coefficient (Wildman–Crippen LogP) is 22.1. The third-order valence-corrected chi connectivity index (χ3v) is 17.4. The third-order valence-electron chi connectivity index (χ3n) is 17.4. The summed E-state index contributed by atoms with van der Waals surface area (Å²) in [6.07, 6.45) is 0. The summed E-state index contributed by atoms with van der Waals surface area (Å²) in [5.41, 5.74) is 19.8. The molecule has 15 aromatic carbocycles. The molecule has 0 fully saturated rings. The Morgan fingerprint density at radius 1 is 0.205 bits per heavy atom. The normalized spacial score (nSPS) is 11.9. The van der Waals surface area contributed by atoms with Gasteiger partial charge in [0.1, 0.15) is 0 Å². The molecule has 0 atom stereocenters. The van der Waals surface area contributed by atoms with Gasteiger partial charge in [-0.05, 0) is 185 Å². The van der Waals surface area contributed by atoms with E-state index in [0.29, 0.717) is 0 Å². The lowest BCUT2D eigenvalue weighted by molar-refractivity contribution is 1.17. The summed E-state index contributed by atoms with van der Waals surface area (Å²) >= 11 is 0. The Bertz CT molecular complexity index is 4840. The largest absolute Gasteiger partial charge is 0.310 e. The molecule has 17 rings (SSSR count). The van der Waals surface area contributed by atoms with E-state index >= 15 is 0 Å². The molecule has 0 spiro atoms. The minimum atomic E-state index is 1.07. The number of rotatable bonds is 9. The first kappa shape index (κ1) is 46.9. The highest BCUT2D eigenvalue weighted by atomic mass is 15.1. The van der Waals surface area contributed by atoms with Crippen molar-refractivity contribution in [3.63, 3.8) is 0 Å². The smallest absolute Gasteiger partial charge is 0.0541 e. The van der Waals surface area contributed by atoms with Crippen molar-refractivity contribution in [3.8, 4) is 55.9 Å². The molecule has 0 aliphatic carbocycles. The lowest BCUT2D eigenvalue weighted by atomic mass is 9.89. The van der Waals surface area contributed by atoms with Gasteiger partial charge in [-0.25, -0.2) is 0 Å². The highest BCUT2D eigenvalue weighted by Crippen LogP contribution is 2.47. The van der Waals surface area contributed by atoms with Gasteiger partial charge in [0.05, 0.1) is 27.8 Å². The topological polar surface area (TPSA) is 13.1 Å². The van der Waals surface area contributed by atoms with Gasteiger partial charge < -0.3 is 14.0 Å². The fourth-order valence-electron chi connectivity index (χ4n) is 13.6. The molecule has 0 aliphatic rings. The van der Waals surface area contributed by atoms with Crippen molar-refractivity contribution < 1.29 is 0 Å². The van der Waals surface area contributed by atoms with Gasteiger partial charge in [0, 0.05) is 49.7 Å². The van der Waals surface area contributed by atoms with Crippen LogP contribution in [0.4, 0.5) is 17.1 Å². The van der Waals surface area contributed by atoms with Gasteiger partial charge in [0.2, 0.25) is 0 Å². The van der Waals surface area contributed by atoms with E-state index < -0.39 is 0 Å². The summed E-state index contributed by atoms with van der Waals surface area (Å²) in [4.78, 5) is 2.46. The van der Waals surface area contributed by atoms with Gasteiger partial charge in [-0.3, -0.25) is 0 Å². The van der Waals surface area contributed by atoms with Crippen LogP contribution in [-0.4, -0.2) is 9.13 Å². The molecule has 0 aliphatic heterocycles. The van der Waals surface area contributed by atoms with E-state index in [1.165, 1.54) is 131 Å². The highest BCUT2D eigenvalue weighted by molar-refractivity contribution is 6.34. The van der Waals surface area contributed by atoms with Gasteiger partial charge in [0.25, 0.3) is 0 Å². The van der Waals surface area contributed by atoms with Gasteiger partial charge >= 0.3 is 0 Å². The molecule has 17 aromatic rings. The van der Waals surface area contributed by atoms with Crippen LogP contribution >= 0.6 is 0 Å². The van der Waals surface area contributed by atoms with Crippen molar-refractivity contribution in [1.29, 1.82) is 0 Å². The van der Waals surface area contributed by atoms with Crippen LogP contribution in [0.1, 0.15) is 0 Å². The monoisotopic (exact) mass is 1050 g/mol. The van der Waals surface area contributed by atoms with Crippen molar-refractivity contribution in [2.45, 2.75) is 0 Å². The van der Waals surface area contributed by atoms with E-state index in [1.807, 2.05) is 0 Å². The maximum absolute atomic E-state index is 2.46. The minimum absolute atomic E-state index is 1.07. The maximum Gasteiger partial charge on any atom is 0.0541 e. The molecular formula is C80H51N3. The van der Waals surface area contributed by atoms with E-state index in [1.54, 1.807) is 0 Å². The Labute approximate surface area is 480 Å². The number of hydrogen-bond donors (Lipinski definition) is 0. The Kier molecular flexibility index (Phi) is 10.6. The first-order valence-corrected chi connectivity index (χ1v) is 28.6. The Hall–Kier alpha value is -11.0. The number of fused-ring (bicyclic) bond motifs is 8. The zero-order chi connectivity index (χ0) is 54.5. The molecule has 0 N–H and O–H groups in total. The fraction of sp³-hybridized carbons (Fsp3) is 0. The van der Waals surface area contributed by atoms with Gasteiger partial charge in [-0.2, -0.15) is 0 Å². The Balaban J connectivity index is 0.846. The number of benzene rings is 15. The van der Waals surface area contributed by atoms with E-state index in [9.17, 15) is 0 Å². The second-order valence-electron chi connectivity index (χ2n) is 22.0. The van der Waals surface area contributed by atoms with Crippen molar-refractivity contribution in [2.24, 2.45) is 0 Å². The van der Waals surface area contributed by atoms with Crippen LogP contribution in [0.2, 0.25) is 0 Å². The Morgan fingerprint density at radius 2 is 0.530 bits per heavy atom. The van der Waals surface area contributed by atoms with Crippen LogP contribution in [0.15, 0.2) is 309 Å². The first-order valence-electron chi connectivity index (χ1n) is 28.6. The second-order valence-corrected chi connectivity index (χ2v) is 22.0. The molecule has 0 radical (unpaired) electrons. The molecule has 386 valence electrons. The summed E-state index contributed by atoms with van der Waals surface area (Å²) < 4.78 is 4.88. The predicted molar refractivity (Wildman–Crippen MR) is 353 cm³/mol. The van der Waals surface area contributed by atoms with Crippen LogP contribution in [0.5, 0.6) is 0 Å². The van der Waals surface area contributed by atoms with Gasteiger partial charge in [-0.15, -0.1) is 0 Å². The number of hydrogen-bond acceptors (Lipinski definition) is 1. The van der Waals surface area contributed by atoms with Gasteiger partial charge in [-0.1, -0.05) is 206 Å². The number of nitrogens with zero attached hydrogens (tertiary/aromatic N) is 3. The molecule has 0 saturated heterocycles. The van der Waals surface area contributed by atoms with E-state index in [-0.39, 0.29) is 0 Å². The standard InChI is InChI=1S/C80H51N3/c1-5-16-52(17-6-1)57-30-43-75-70(48-57)71-49-58(53-18-7-2-8-19-53)31-44-76(71)82(75)63-38-34-61(35-39-63)81(74-47-42-68-66-27-14-25-56-24-13-26-65(79(56)66)67-28-15-29-69(74)80(67)68)62-36-40-64(41-37-62)83-77-45-32-59(54-20-9-3-10-21-54)50-72(77)73-51-60(33-46-78(73)83)55-22-11-4-12-23-55/h1-51H. The summed E-state index contributed by atoms with van der Waals surface area (Å²) in [7, 11) is 0. The zero-order valence-electron chi connectivity index (χ0n) is 45.3. The van der Waals surface area contributed by atoms with Crippen LogP contribution in [0.3, 0.4) is 0 Å². The molecule has 83 heavy (non-hydrogen) atoms. The summed E-state index contributed by atoms with van der Waals surface area (Å²) in [6, 6.07) is 114. The summed E-state index contributed by atoms with van der Waals surface area (Å²) in [5.74, 6) is 0. The summed E-state index contributed by atoms with van der Waals surface area (Å²) in [5, 5.41) is 15.1. The highest BCUT2D eigenvalue weighted by Gasteiger charge is 2.23. The summed E-state index contributed by atoms with van der Waals surface area (Å²) in [6.45, 7) is 0. The minimum Gasteiger partial charge on any atom is -0.310 e. The lowest BCUT2D eigenvalue weighted by Gasteiger charge is -2.28. The average Bonchev–Trinajstić information content (AvgIpc) is 3.93. The van der Waals surface area contributed by atoms with E-state index in [2.05, 4.69) is 323 Å². The molecule has 2 aromatic heterocycles. The lowest BCUT2D eigenvalue weighted by Crippen LogP contribution is -2.11. The molecule has 3 heteroatoms. The van der Waals surface area contributed by atoms with Gasteiger partial charge in [0.15, 0.2) is 0 Å². The molecular weight excluding hydrogens is 1000 g/mol. The maximum atomic E-state index is 2.46. The second kappa shape index (κ2) is 18.8. The van der Waals surface area contributed by atoms with E-state index in [4.69, 9.17) is 0 Å². The fourth-order valence-corrected chi connectivity index (χ4v) is 13.6. The van der Waals surface area contributed by atoms with Crippen LogP contribution < -0.4 is 4.90 Å². The first-order chi connectivity index (χ1) is 41.2. The van der Waals surface area contributed by atoms with Crippen molar-refractivity contribution >= 4 is 104 Å². The quantitative estimate of drug-likeness (QED) is 0.104. The Morgan fingerprint density at radius 3 is 0.904 bits per heavy atom. The number of aromatic nitrogens is 2. The van der Waals surface area contributed by atoms with E-state index in [0.717, 1.165) is 28.4 Å². The SMILES string of the molecule is c1ccc(-c2ccc3c(c2)c2cc(-c4ccccc4)ccc2n3-c2ccc(N(c3ccc(-n4c5ccc(-c6ccccc6)cc5c5cc(-c6ccccc6)ccc54)cc3)c3ccc4c5cccc6cccc(c7cccc3c74)c65)cc2)cc1. The molecule has 3 nitrogen and oxygen atoms in total. The van der Waals surface area contributed by atoms with Crippen molar-refractivity contribution in [1.82, 2.24) is 9.13 Å². The number of anilines is 3. The van der Waals surface area contributed by atoms with Crippen molar-refractivity contribution in [3.05, 3.63) is 309 Å². The van der Waals surface area contributed by atoms with Crippen LogP contribution in [-0.2, 0) is 0 Å². The van der Waals surface area contributed by atoms with Crippen LogP contribution in [0.25, 0.3) is 143 Å². The zero-order valence-corrected chi connectivity index (χ0v) is 45.3. The molecule has 0 amide bonds. The average molecular weight is 1050 g/mol. The molecule has 0 bridgehead atoms. The van der Waals surface area contributed by atoms with Crippen LogP contribution in [0, 0.1) is 0 Å².